The summed E-state index contributed by atoms with van der Waals surface area (Å²) in [6.45, 7) is 5.40. The van der Waals surface area contributed by atoms with Gasteiger partial charge in [0, 0.05) is 24.8 Å². The largest absolute Gasteiger partial charge is 0.353 e. The molecule has 0 aromatic rings. The number of amides is 1. The first-order chi connectivity index (χ1) is 9.99. The highest BCUT2D eigenvalue weighted by Crippen LogP contribution is 2.26. The van der Waals surface area contributed by atoms with Crippen molar-refractivity contribution >= 4 is 33.1 Å². The van der Waals surface area contributed by atoms with Gasteiger partial charge in [-0.2, -0.15) is 8.42 Å². The first-order valence-electron chi connectivity index (χ1n) is 6.93. The topological polar surface area (TPSA) is 102 Å². The molecule has 1 aliphatic rings. The Hall–Kier alpha value is -0.610. The molecule has 0 aromatic heterocycles. The third-order valence-electron chi connectivity index (χ3n) is 3.45. The fraction of sp³-hybridized carbons (Fsp3) is 0.846. The van der Waals surface area contributed by atoms with E-state index < -0.39 is 27.3 Å². The van der Waals surface area contributed by atoms with Crippen molar-refractivity contribution in [3.05, 3.63) is 0 Å². The molecule has 2 N–H and O–H groups in total. The number of hydrogen-bond acceptors (Lipinski definition) is 6. The van der Waals surface area contributed by atoms with Crippen LogP contribution in [0.5, 0.6) is 0 Å². The van der Waals surface area contributed by atoms with E-state index in [4.69, 9.17) is 26.2 Å². The lowest BCUT2D eigenvalue weighted by Crippen LogP contribution is -2.48. The second-order valence-corrected chi connectivity index (χ2v) is 8.22. The fourth-order valence-corrected chi connectivity index (χ4v) is 3.89. The average molecular weight is 353 g/mol. The number of ether oxygens (including phenoxy) is 2. The summed E-state index contributed by atoms with van der Waals surface area (Å²) >= 11 is 5.33. The summed E-state index contributed by atoms with van der Waals surface area (Å²) < 4.78 is 41.9. The summed E-state index contributed by atoms with van der Waals surface area (Å²) in [7, 11) is -4.16. The van der Waals surface area contributed by atoms with Crippen LogP contribution in [-0.4, -0.2) is 55.0 Å². The minimum atomic E-state index is -4.16. The molecule has 2 atom stereocenters. The second-order valence-electron chi connectivity index (χ2n) is 6.19. The van der Waals surface area contributed by atoms with Crippen molar-refractivity contribution in [1.29, 1.82) is 0 Å². The number of carbonyl (C=O) groups excluding carboxylic acids is 1. The number of nitrogens with one attached hydrogen (secondary N) is 1. The number of thiocarbonyl (C=S) groups is 1. The number of carbonyl (C=O) groups is 1. The molecule has 0 bridgehead atoms. The quantitative estimate of drug-likeness (QED) is 0.494. The maximum Gasteiger partial charge on any atom is 0.265 e. The van der Waals surface area contributed by atoms with Gasteiger partial charge in [0.15, 0.2) is 0 Å². The SMILES string of the molecule is CC(=O)NC(CC(=S)CC1COCO1)C(C)(C)CS(=O)(=O)O. The molecule has 0 aromatic carbocycles. The lowest BCUT2D eigenvalue weighted by atomic mass is 9.83. The molecule has 1 saturated heterocycles. The Bertz CT molecular complexity index is 511. The maximum atomic E-state index is 11.4. The van der Waals surface area contributed by atoms with Crippen LogP contribution in [0.4, 0.5) is 0 Å². The minimum Gasteiger partial charge on any atom is -0.353 e. The van der Waals surface area contributed by atoms with E-state index in [1.54, 1.807) is 13.8 Å². The van der Waals surface area contributed by atoms with E-state index in [-0.39, 0.29) is 18.8 Å². The normalized spacial score (nSPS) is 20.6. The van der Waals surface area contributed by atoms with Crippen molar-refractivity contribution in [3.63, 3.8) is 0 Å². The Kier molecular flexibility index (Phi) is 6.87. The van der Waals surface area contributed by atoms with Crippen molar-refractivity contribution in [2.24, 2.45) is 5.41 Å². The molecule has 0 spiro atoms. The van der Waals surface area contributed by atoms with Gasteiger partial charge in [-0.25, -0.2) is 0 Å². The lowest BCUT2D eigenvalue weighted by molar-refractivity contribution is -0.120. The second kappa shape index (κ2) is 7.78. The average Bonchev–Trinajstić information content (AvgIpc) is 2.76. The van der Waals surface area contributed by atoms with Crippen LogP contribution >= 0.6 is 12.2 Å². The molecular formula is C13H23NO6S2. The Morgan fingerprint density at radius 2 is 2.14 bits per heavy atom. The zero-order chi connectivity index (χ0) is 17.0. The van der Waals surface area contributed by atoms with E-state index in [9.17, 15) is 13.2 Å². The van der Waals surface area contributed by atoms with Crippen molar-refractivity contribution in [1.82, 2.24) is 5.32 Å². The van der Waals surface area contributed by atoms with E-state index in [0.29, 0.717) is 24.3 Å². The van der Waals surface area contributed by atoms with Crippen LogP contribution in [0.1, 0.15) is 33.6 Å². The van der Waals surface area contributed by atoms with Gasteiger partial charge in [-0.3, -0.25) is 9.35 Å². The zero-order valence-corrected chi connectivity index (χ0v) is 14.6. The molecule has 9 heteroatoms. The number of rotatable bonds is 8. The molecule has 1 aliphatic heterocycles. The van der Waals surface area contributed by atoms with Gasteiger partial charge >= 0.3 is 0 Å². The molecule has 1 rings (SSSR count). The summed E-state index contributed by atoms with van der Waals surface area (Å²) in [4.78, 5) is 12.0. The van der Waals surface area contributed by atoms with Crippen molar-refractivity contribution in [2.75, 3.05) is 19.2 Å². The van der Waals surface area contributed by atoms with Crippen LogP contribution in [0.25, 0.3) is 0 Å². The molecule has 22 heavy (non-hydrogen) atoms. The maximum absolute atomic E-state index is 11.4. The third-order valence-corrected chi connectivity index (χ3v) is 4.90. The van der Waals surface area contributed by atoms with Crippen molar-refractivity contribution in [3.8, 4) is 0 Å². The van der Waals surface area contributed by atoms with E-state index >= 15 is 0 Å². The minimum absolute atomic E-state index is 0.102. The molecule has 0 aliphatic carbocycles. The van der Waals surface area contributed by atoms with Crippen LogP contribution in [0.15, 0.2) is 0 Å². The van der Waals surface area contributed by atoms with Gasteiger partial charge in [0.2, 0.25) is 5.91 Å². The summed E-state index contributed by atoms with van der Waals surface area (Å²) in [6, 6.07) is -0.498. The lowest BCUT2D eigenvalue weighted by Gasteiger charge is -2.34. The van der Waals surface area contributed by atoms with Gasteiger partial charge < -0.3 is 14.8 Å². The first-order valence-corrected chi connectivity index (χ1v) is 8.94. The Balaban J connectivity index is 2.74. The molecule has 128 valence electrons. The van der Waals surface area contributed by atoms with E-state index in [2.05, 4.69) is 5.32 Å². The summed E-state index contributed by atoms with van der Waals surface area (Å²) in [6.07, 6.45) is 0.736. The summed E-state index contributed by atoms with van der Waals surface area (Å²) in [5, 5.41) is 2.72. The van der Waals surface area contributed by atoms with Crippen LogP contribution in [0.2, 0.25) is 0 Å². The van der Waals surface area contributed by atoms with Crippen LogP contribution in [0, 0.1) is 5.41 Å². The van der Waals surface area contributed by atoms with Gasteiger partial charge in [-0.15, -0.1) is 0 Å². The highest BCUT2D eigenvalue weighted by atomic mass is 32.2. The molecule has 2 unspecified atom stereocenters. The molecule has 1 heterocycles. The van der Waals surface area contributed by atoms with E-state index in [1.807, 2.05) is 0 Å². The molecule has 1 amide bonds. The zero-order valence-electron chi connectivity index (χ0n) is 13.0. The van der Waals surface area contributed by atoms with E-state index in [1.165, 1.54) is 6.92 Å². The molecule has 0 radical (unpaired) electrons. The molecule has 7 nitrogen and oxygen atoms in total. The van der Waals surface area contributed by atoms with Gasteiger partial charge in [-0.1, -0.05) is 26.1 Å². The fourth-order valence-electron chi connectivity index (χ4n) is 2.39. The van der Waals surface area contributed by atoms with Gasteiger partial charge in [0.25, 0.3) is 10.1 Å². The Morgan fingerprint density at radius 3 is 2.59 bits per heavy atom. The van der Waals surface area contributed by atoms with Crippen LogP contribution in [-0.2, 0) is 24.4 Å². The van der Waals surface area contributed by atoms with Crippen molar-refractivity contribution in [2.45, 2.75) is 45.8 Å². The van der Waals surface area contributed by atoms with E-state index in [0.717, 1.165) is 0 Å². The monoisotopic (exact) mass is 353 g/mol. The highest BCUT2D eigenvalue weighted by molar-refractivity contribution is 7.85. The summed E-state index contributed by atoms with van der Waals surface area (Å²) in [5.41, 5.74) is -0.865. The Morgan fingerprint density at radius 1 is 1.50 bits per heavy atom. The van der Waals surface area contributed by atoms with Crippen LogP contribution < -0.4 is 5.32 Å². The van der Waals surface area contributed by atoms with Crippen molar-refractivity contribution < 1.29 is 27.2 Å². The van der Waals surface area contributed by atoms with Gasteiger partial charge in [0.1, 0.15) is 6.79 Å². The van der Waals surface area contributed by atoms with Gasteiger partial charge in [-0.05, 0) is 11.3 Å². The third kappa shape index (κ3) is 7.10. The Labute approximate surface area is 136 Å². The smallest absolute Gasteiger partial charge is 0.265 e. The predicted molar refractivity (Wildman–Crippen MR) is 85.3 cm³/mol. The predicted octanol–water partition coefficient (Wildman–Crippen LogP) is 0.928. The first kappa shape index (κ1) is 19.4. The highest BCUT2D eigenvalue weighted by Gasteiger charge is 2.35. The number of hydrogen-bond donors (Lipinski definition) is 2. The molecule has 1 fully saturated rings. The van der Waals surface area contributed by atoms with Crippen LogP contribution in [0.3, 0.4) is 0 Å². The summed E-state index contributed by atoms with van der Waals surface area (Å²) in [5.74, 6) is -0.743. The molecular weight excluding hydrogens is 330 g/mol. The molecule has 0 saturated carbocycles. The standard InChI is InChI=1S/C13H23NO6S2/c1-9(15)14-12(13(2,3)7-22(16,17)18)5-11(21)4-10-6-19-8-20-10/h10,12H,4-8H2,1-3H3,(H,14,15)(H,16,17,18). The van der Waals surface area contributed by atoms with Gasteiger partial charge in [0.05, 0.1) is 18.5 Å².